The molecule has 1 atom stereocenters. The van der Waals surface area contributed by atoms with Gasteiger partial charge in [0.05, 0.1) is 11.9 Å². The largest absolute Gasteiger partial charge is 0.341 e. The van der Waals surface area contributed by atoms with Crippen LogP contribution in [0.3, 0.4) is 0 Å². The lowest BCUT2D eigenvalue weighted by atomic mass is 10.1. The molecular weight excluding hydrogens is 446 g/mol. The Balaban J connectivity index is 1.72. The predicted molar refractivity (Wildman–Crippen MR) is 141 cm³/mol. The molecule has 3 aromatic carbocycles. The molecular formula is C27H31N3O3S. The van der Waals surface area contributed by atoms with Crippen LogP contribution in [0.4, 0.5) is 11.4 Å². The Bertz CT molecular complexity index is 1490. The molecule has 0 unspecified atom stereocenters. The van der Waals surface area contributed by atoms with E-state index in [9.17, 15) is 13.2 Å². The number of carbonyl (C=O) groups is 1. The zero-order valence-electron chi connectivity index (χ0n) is 20.3. The molecule has 0 fully saturated rings. The van der Waals surface area contributed by atoms with Gasteiger partial charge in [0.1, 0.15) is 6.04 Å². The van der Waals surface area contributed by atoms with Gasteiger partial charge in [-0.05, 0) is 74.7 Å². The molecule has 0 aliphatic heterocycles. The highest BCUT2D eigenvalue weighted by Crippen LogP contribution is 2.31. The fourth-order valence-electron chi connectivity index (χ4n) is 4.62. The molecule has 4 rings (SSSR count). The minimum atomic E-state index is -3.69. The van der Waals surface area contributed by atoms with Crippen LogP contribution in [-0.4, -0.2) is 31.2 Å². The first-order chi connectivity index (χ1) is 16.2. The molecule has 7 heteroatoms. The number of nitrogens with zero attached hydrogens (tertiary/aromatic N) is 2. The normalized spacial score (nSPS) is 12.7. The minimum Gasteiger partial charge on any atom is -0.341 e. The van der Waals surface area contributed by atoms with E-state index < -0.39 is 16.1 Å². The van der Waals surface area contributed by atoms with Gasteiger partial charge in [-0.3, -0.25) is 9.10 Å². The Kier molecular flexibility index (Phi) is 6.41. The van der Waals surface area contributed by atoms with Crippen LogP contribution in [0.25, 0.3) is 21.8 Å². The van der Waals surface area contributed by atoms with Gasteiger partial charge in [0.15, 0.2) is 0 Å². The highest BCUT2D eigenvalue weighted by atomic mass is 32.2. The molecule has 4 aromatic rings. The number of aryl methyl sites for hydroxylation is 3. The van der Waals surface area contributed by atoms with Crippen LogP contribution >= 0.6 is 0 Å². The fourth-order valence-corrected chi connectivity index (χ4v) is 5.82. The van der Waals surface area contributed by atoms with Crippen molar-refractivity contribution in [3.63, 3.8) is 0 Å². The van der Waals surface area contributed by atoms with Crippen molar-refractivity contribution in [3.05, 3.63) is 71.8 Å². The summed E-state index contributed by atoms with van der Waals surface area (Å²) < 4.78 is 29.0. The maximum absolute atomic E-state index is 13.4. The number of para-hydroxylation sites is 1. The van der Waals surface area contributed by atoms with Crippen molar-refractivity contribution in [2.24, 2.45) is 0 Å². The van der Waals surface area contributed by atoms with E-state index in [0.29, 0.717) is 17.8 Å². The second-order valence-corrected chi connectivity index (χ2v) is 10.6. The van der Waals surface area contributed by atoms with Gasteiger partial charge in [0, 0.05) is 34.0 Å². The highest BCUT2D eigenvalue weighted by molar-refractivity contribution is 7.92. The molecule has 1 heterocycles. The lowest BCUT2D eigenvalue weighted by Gasteiger charge is -2.30. The van der Waals surface area contributed by atoms with E-state index in [2.05, 4.69) is 28.9 Å². The molecule has 0 saturated carbocycles. The number of anilines is 2. The monoisotopic (exact) mass is 477 g/mol. The number of benzene rings is 3. The Morgan fingerprint density at radius 2 is 1.65 bits per heavy atom. The van der Waals surface area contributed by atoms with Crippen LogP contribution in [-0.2, 0) is 21.4 Å². The van der Waals surface area contributed by atoms with Gasteiger partial charge in [-0.2, -0.15) is 0 Å². The number of aromatic nitrogens is 1. The number of hydrogen-bond acceptors (Lipinski definition) is 3. The van der Waals surface area contributed by atoms with Gasteiger partial charge in [-0.1, -0.05) is 31.2 Å². The van der Waals surface area contributed by atoms with Crippen LogP contribution in [0.2, 0.25) is 0 Å². The molecule has 0 aliphatic rings. The summed E-state index contributed by atoms with van der Waals surface area (Å²) in [4.78, 5) is 13.4. The van der Waals surface area contributed by atoms with E-state index in [1.165, 1.54) is 4.31 Å². The van der Waals surface area contributed by atoms with Crippen LogP contribution < -0.4 is 9.62 Å². The van der Waals surface area contributed by atoms with Crippen molar-refractivity contribution < 1.29 is 13.2 Å². The SMILES string of the molecule is CC[C@@H](C(=O)Nc1ccc2c(c1)c1ccccc1n2CC)N(c1ccc(C)c(C)c1)S(C)(=O)=O. The van der Waals surface area contributed by atoms with Crippen LogP contribution in [0.5, 0.6) is 0 Å². The molecule has 6 nitrogen and oxygen atoms in total. The van der Waals surface area contributed by atoms with E-state index in [-0.39, 0.29) is 5.91 Å². The quantitative estimate of drug-likeness (QED) is 0.376. The summed E-state index contributed by atoms with van der Waals surface area (Å²) in [6, 6.07) is 18.6. The Hall–Kier alpha value is -3.32. The Morgan fingerprint density at radius 3 is 2.29 bits per heavy atom. The van der Waals surface area contributed by atoms with Gasteiger partial charge in [-0.15, -0.1) is 0 Å². The number of hydrogen-bond donors (Lipinski definition) is 1. The standard InChI is InChI=1S/C27H31N3O3S/c1-6-24(30(34(5,32)33)21-14-12-18(3)19(4)16-21)27(31)28-20-13-15-26-23(17-20)22-10-8-9-11-25(22)29(26)7-2/h8-17,24H,6-7H2,1-5H3,(H,28,31)/t24-/m0/s1. The number of sulfonamides is 1. The van der Waals surface area contributed by atoms with Crippen LogP contribution in [0, 0.1) is 13.8 Å². The zero-order valence-corrected chi connectivity index (χ0v) is 21.1. The maximum atomic E-state index is 13.4. The lowest BCUT2D eigenvalue weighted by molar-refractivity contribution is -0.117. The van der Waals surface area contributed by atoms with E-state index in [4.69, 9.17) is 0 Å². The second-order valence-electron chi connectivity index (χ2n) is 8.73. The summed E-state index contributed by atoms with van der Waals surface area (Å²) >= 11 is 0. The van der Waals surface area contributed by atoms with Gasteiger partial charge in [0.25, 0.3) is 0 Å². The minimum absolute atomic E-state index is 0.337. The third-order valence-corrected chi connectivity index (χ3v) is 7.61. The number of fused-ring (bicyclic) bond motifs is 3. The van der Waals surface area contributed by atoms with Gasteiger partial charge < -0.3 is 9.88 Å². The molecule has 1 aromatic heterocycles. The average Bonchev–Trinajstić information content (AvgIpc) is 3.11. The molecule has 0 radical (unpaired) electrons. The van der Waals surface area contributed by atoms with Crippen molar-refractivity contribution in [1.29, 1.82) is 0 Å². The van der Waals surface area contributed by atoms with Crippen molar-refractivity contribution >= 4 is 49.1 Å². The van der Waals surface area contributed by atoms with Gasteiger partial charge >= 0.3 is 0 Å². The van der Waals surface area contributed by atoms with E-state index in [1.54, 1.807) is 6.07 Å². The maximum Gasteiger partial charge on any atom is 0.248 e. The summed E-state index contributed by atoms with van der Waals surface area (Å²) in [5.74, 6) is -0.357. The zero-order chi connectivity index (χ0) is 24.6. The van der Waals surface area contributed by atoms with E-state index >= 15 is 0 Å². The molecule has 1 amide bonds. The molecule has 0 aliphatic carbocycles. The second kappa shape index (κ2) is 9.14. The van der Waals surface area contributed by atoms with E-state index in [0.717, 1.165) is 45.7 Å². The summed E-state index contributed by atoms with van der Waals surface area (Å²) in [6.07, 6.45) is 1.48. The van der Waals surface area contributed by atoms with Crippen LogP contribution in [0.15, 0.2) is 60.7 Å². The predicted octanol–water partition coefficient (Wildman–Crippen LogP) is 5.61. The number of carbonyl (C=O) groups excluding carboxylic acids is 1. The number of rotatable bonds is 7. The van der Waals surface area contributed by atoms with Crippen molar-refractivity contribution in [1.82, 2.24) is 4.57 Å². The summed E-state index contributed by atoms with van der Waals surface area (Å²) in [6.45, 7) is 8.68. The first-order valence-corrected chi connectivity index (χ1v) is 13.4. The molecule has 0 saturated heterocycles. The number of nitrogens with one attached hydrogen (secondary N) is 1. The first-order valence-electron chi connectivity index (χ1n) is 11.5. The number of amides is 1. The van der Waals surface area contributed by atoms with Crippen molar-refractivity contribution in [3.8, 4) is 0 Å². The molecule has 178 valence electrons. The van der Waals surface area contributed by atoms with Crippen molar-refractivity contribution in [2.75, 3.05) is 15.9 Å². The summed E-state index contributed by atoms with van der Waals surface area (Å²) in [7, 11) is -3.69. The van der Waals surface area contributed by atoms with Gasteiger partial charge in [-0.25, -0.2) is 8.42 Å². The first kappa shape index (κ1) is 23.8. The average molecular weight is 478 g/mol. The topological polar surface area (TPSA) is 71.4 Å². The van der Waals surface area contributed by atoms with Crippen LogP contribution in [0.1, 0.15) is 31.4 Å². The Morgan fingerprint density at radius 1 is 0.941 bits per heavy atom. The molecule has 1 N–H and O–H groups in total. The lowest BCUT2D eigenvalue weighted by Crippen LogP contribution is -2.47. The highest BCUT2D eigenvalue weighted by Gasteiger charge is 2.31. The third kappa shape index (κ3) is 4.28. The smallest absolute Gasteiger partial charge is 0.248 e. The van der Waals surface area contributed by atoms with Gasteiger partial charge in [0.2, 0.25) is 15.9 Å². The van der Waals surface area contributed by atoms with Crippen molar-refractivity contribution in [2.45, 2.75) is 46.7 Å². The molecule has 0 bridgehead atoms. The van der Waals surface area contributed by atoms with E-state index in [1.807, 2.05) is 63.2 Å². The molecule has 34 heavy (non-hydrogen) atoms. The summed E-state index contributed by atoms with van der Waals surface area (Å²) in [5.41, 5.74) is 5.42. The summed E-state index contributed by atoms with van der Waals surface area (Å²) in [5, 5.41) is 5.14. The fraction of sp³-hybridized carbons (Fsp3) is 0.296. The molecule has 0 spiro atoms. The Labute approximate surface area is 201 Å². The third-order valence-electron chi connectivity index (χ3n) is 6.43.